The van der Waals surface area contributed by atoms with Gasteiger partial charge in [0.2, 0.25) is 5.95 Å². The highest BCUT2D eigenvalue weighted by atomic mass is 16.5. The largest absolute Gasteiger partial charge is 0.385 e. The van der Waals surface area contributed by atoms with Gasteiger partial charge in [-0.05, 0) is 29.3 Å². The molecule has 2 aromatic carbocycles. The van der Waals surface area contributed by atoms with Gasteiger partial charge in [-0.1, -0.05) is 30.3 Å². The lowest BCUT2D eigenvalue weighted by atomic mass is 10.1. The number of imidazole rings is 1. The Morgan fingerprint density at radius 1 is 1.14 bits per heavy atom. The van der Waals surface area contributed by atoms with Gasteiger partial charge in [0, 0.05) is 38.3 Å². The molecule has 0 saturated carbocycles. The molecule has 0 aliphatic rings. The molecule has 0 bridgehead atoms. The first-order chi connectivity index (χ1) is 10.4. The van der Waals surface area contributed by atoms with Gasteiger partial charge in [-0.3, -0.25) is 0 Å². The molecule has 3 aromatic rings. The van der Waals surface area contributed by atoms with Crippen molar-refractivity contribution in [2.75, 3.05) is 19.0 Å². The van der Waals surface area contributed by atoms with Crippen LogP contribution in [0.3, 0.4) is 0 Å². The summed E-state index contributed by atoms with van der Waals surface area (Å²) in [5, 5.41) is 5.85. The summed E-state index contributed by atoms with van der Waals surface area (Å²) in [7, 11) is 1.72. The van der Waals surface area contributed by atoms with Crippen molar-refractivity contribution in [1.29, 1.82) is 0 Å². The molecule has 0 aliphatic heterocycles. The lowest BCUT2D eigenvalue weighted by Gasteiger charge is -2.10. The number of methoxy groups -OCH3 is 1. The van der Waals surface area contributed by atoms with E-state index in [1.807, 2.05) is 12.4 Å². The van der Waals surface area contributed by atoms with Crippen LogP contribution >= 0.6 is 0 Å². The highest BCUT2D eigenvalue weighted by Gasteiger charge is 2.03. The van der Waals surface area contributed by atoms with Gasteiger partial charge in [0.25, 0.3) is 0 Å². The van der Waals surface area contributed by atoms with E-state index in [0.29, 0.717) is 0 Å². The van der Waals surface area contributed by atoms with Crippen molar-refractivity contribution in [2.24, 2.45) is 0 Å². The summed E-state index contributed by atoms with van der Waals surface area (Å²) in [6.07, 6.45) is 4.77. The molecule has 108 valence electrons. The summed E-state index contributed by atoms with van der Waals surface area (Å²) in [5.41, 5.74) is 1.05. The zero-order valence-corrected chi connectivity index (χ0v) is 12.1. The molecule has 4 nitrogen and oxygen atoms in total. The SMILES string of the molecule is COCCCn1ccnc1Nc1ccc2ccccc2c1. The maximum absolute atomic E-state index is 5.09. The number of nitrogens with one attached hydrogen (secondary N) is 1. The summed E-state index contributed by atoms with van der Waals surface area (Å²) in [4.78, 5) is 4.38. The molecule has 0 spiro atoms. The van der Waals surface area contributed by atoms with Gasteiger partial charge in [-0.25, -0.2) is 4.98 Å². The molecule has 1 aromatic heterocycles. The van der Waals surface area contributed by atoms with E-state index >= 15 is 0 Å². The Morgan fingerprint density at radius 2 is 2.00 bits per heavy atom. The highest BCUT2D eigenvalue weighted by Crippen LogP contribution is 2.21. The van der Waals surface area contributed by atoms with Gasteiger partial charge in [0.15, 0.2) is 0 Å². The fraction of sp³-hybridized carbons (Fsp3) is 0.235. The molecule has 3 rings (SSSR count). The van der Waals surface area contributed by atoms with Crippen molar-refractivity contribution >= 4 is 22.4 Å². The zero-order valence-electron chi connectivity index (χ0n) is 12.1. The second-order valence-corrected chi connectivity index (χ2v) is 4.98. The number of ether oxygens (including phenoxy) is 1. The Kier molecular flexibility index (Phi) is 4.17. The monoisotopic (exact) mass is 281 g/mol. The number of hydrogen-bond acceptors (Lipinski definition) is 3. The normalized spacial score (nSPS) is 10.9. The van der Waals surface area contributed by atoms with Crippen molar-refractivity contribution in [3.8, 4) is 0 Å². The number of anilines is 2. The zero-order chi connectivity index (χ0) is 14.5. The Bertz CT molecular complexity index is 721. The van der Waals surface area contributed by atoms with Gasteiger partial charge in [-0.2, -0.15) is 0 Å². The molecule has 0 aliphatic carbocycles. The maximum Gasteiger partial charge on any atom is 0.207 e. The smallest absolute Gasteiger partial charge is 0.207 e. The van der Waals surface area contributed by atoms with Crippen molar-refractivity contribution in [3.05, 3.63) is 54.9 Å². The van der Waals surface area contributed by atoms with Crippen LogP contribution in [0.2, 0.25) is 0 Å². The first kappa shape index (κ1) is 13.6. The molecule has 1 heterocycles. The Morgan fingerprint density at radius 3 is 2.86 bits per heavy atom. The molecule has 0 unspecified atom stereocenters. The van der Waals surface area contributed by atoms with Crippen LogP contribution in [-0.2, 0) is 11.3 Å². The van der Waals surface area contributed by atoms with E-state index in [9.17, 15) is 0 Å². The molecule has 0 amide bonds. The van der Waals surface area contributed by atoms with Crippen molar-refractivity contribution in [2.45, 2.75) is 13.0 Å². The van der Waals surface area contributed by atoms with Crippen LogP contribution in [-0.4, -0.2) is 23.3 Å². The van der Waals surface area contributed by atoms with Crippen molar-refractivity contribution in [1.82, 2.24) is 9.55 Å². The number of aryl methyl sites for hydroxylation is 1. The van der Waals surface area contributed by atoms with Crippen LogP contribution in [0.4, 0.5) is 11.6 Å². The van der Waals surface area contributed by atoms with E-state index in [0.717, 1.165) is 31.2 Å². The van der Waals surface area contributed by atoms with Crippen LogP contribution in [0.5, 0.6) is 0 Å². The van der Waals surface area contributed by atoms with Crippen LogP contribution in [0, 0.1) is 0 Å². The van der Waals surface area contributed by atoms with Gasteiger partial charge < -0.3 is 14.6 Å². The third kappa shape index (κ3) is 3.23. The van der Waals surface area contributed by atoms with Crippen LogP contribution in [0.15, 0.2) is 54.9 Å². The first-order valence-corrected chi connectivity index (χ1v) is 7.13. The third-order valence-corrected chi connectivity index (χ3v) is 3.47. The lowest BCUT2D eigenvalue weighted by Crippen LogP contribution is -2.05. The standard InChI is InChI=1S/C17H19N3O/c1-21-12-4-10-20-11-9-18-17(20)19-16-8-7-14-5-2-3-6-15(14)13-16/h2-3,5-9,11,13H,4,10,12H2,1H3,(H,18,19). The lowest BCUT2D eigenvalue weighted by molar-refractivity contribution is 0.190. The number of fused-ring (bicyclic) bond motifs is 1. The molecule has 0 atom stereocenters. The third-order valence-electron chi connectivity index (χ3n) is 3.47. The second-order valence-electron chi connectivity index (χ2n) is 4.98. The first-order valence-electron chi connectivity index (χ1n) is 7.13. The number of aromatic nitrogens is 2. The van der Waals surface area contributed by atoms with E-state index in [4.69, 9.17) is 4.74 Å². The molecule has 1 N–H and O–H groups in total. The minimum Gasteiger partial charge on any atom is -0.385 e. The molecular formula is C17H19N3O. The van der Waals surface area contributed by atoms with Crippen LogP contribution in [0.1, 0.15) is 6.42 Å². The predicted octanol–water partition coefficient (Wildman–Crippen LogP) is 3.82. The number of nitrogens with zero attached hydrogens (tertiary/aromatic N) is 2. The van der Waals surface area contributed by atoms with Gasteiger partial charge in [0.1, 0.15) is 0 Å². The Hall–Kier alpha value is -2.33. The average molecular weight is 281 g/mol. The molecule has 0 radical (unpaired) electrons. The van der Waals surface area contributed by atoms with Crippen molar-refractivity contribution < 1.29 is 4.74 Å². The summed E-state index contributed by atoms with van der Waals surface area (Å²) < 4.78 is 7.20. The fourth-order valence-corrected chi connectivity index (χ4v) is 2.39. The highest BCUT2D eigenvalue weighted by molar-refractivity contribution is 5.86. The van der Waals surface area contributed by atoms with E-state index < -0.39 is 0 Å². The maximum atomic E-state index is 5.09. The number of hydrogen-bond donors (Lipinski definition) is 1. The Labute approximate surface area is 124 Å². The average Bonchev–Trinajstić information content (AvgIpc) is 2.95. The summed E-state index contributed by atoms with van der Waals surface area (Å²) >= 11 is 0. The Balaban J connectivity index is 1.77. The quantitative estimate of drug-likeness (QED) is 0.698. The number of rotatable bonds is 6. The number of benzene rings is 2. The second kappa shape index (κ2) is 6.41. The summed E-state index contributed by atoms with van der Waals surface area (Å²) in [6.45, 7) is 1.65. The molecule has 0 fully saturated rings. The predicted molar refractivity (Wildman–Crippen MR) is 86.0 cm³/mol. The van der Waals surface area contributed by atoms with Gasteiger partial charge in [-0.15, -0.1) is 0 Å². The summed E-state index contributed by atoms with van der Waals surface area (Å²) in [6, 6.07) is 14.7. The van der Waals surface area contributed by atoms with Gasteiger partial charge >= 0.3 is 0 Å². The topological polar surface area (TPSA) is 39.1 Å². The minimum atomic E-state index is 0.758. The van der Waals surface area contributed by atoms with Crippen molar-refractivity contribution in [3.63, 3.8) is 0 Å². The van der Waals surface area contributed by atoms with E-state index in [1.54, 1.807) is 7.11 Å². The molecule has 21 heavy (non-hydrogen) atoms. The van der Waals surface area contributed by atoms with E-state index in [-0.39, 0.29) is 0 Å². The summed E-state index contributed by atoms with van der Waals surface area (Å²) in [5.74, 6) is 0.862. The van der Waals surface area contributed by atoms with Crippen LogP contribution in [0.25, 0.3) is 10.8 Å². The van der Waals surface area contributed by atoms with Gasteiger partial charge in [0.05, 0.1) is 0 Å². The molecule has 4 heteroatoms. The van der Waals surface area contributed by atoms with Crippen LogP contribution < -0.4 is 5.32 Å². The van der Waals surface area contributed by atoms with E-state index in [1.165, 1.54) is 10.8 Å². The van der Waals surface area contributed by atoms with E-state index in [2.05, 4.69) is 57.3 Å². The fourth-order valence-electron chi connectivity index (χ4n) is 2.39. The molecular weight excluding hydrogens is 262 g/mol. The molecule has 0 saturated heterocycles. The minimum absolute atomic E-state index is 0.758.